The molecule has 1 aliphatic heterocycles. The molecule has 0 spiro atoms. The minimum Gasteiger partial charge on any atom is -0.348 e. The minimum absolute atomic E-state index is 0.0874. The summed E-state index contributed by atoms with van der Waals surface area (Å²) in [5.74, 6) is -1.39. The molecule has 1 N–H and O–H groups in total. The number of nitrogens with zero attached hydrogens (tertiary/aromatic N) is 2. The lowest BCUT2D eigenvalue weighted by atomic mass is 10.1. The summed E-state index contributed by atoms with van der Waals surface area (Å²) in [6, 6.07) is 11.4. The Kier molecular flexibility index (Phi) is 9.00. The van der Waals surface area contributed by atoms with E-state index in [0.717, 1.165) is 37.3 Å². The van der Waals surface area contributed by atoms with Crippen molar-refractivity contribution in [2.45, 2.75) is 57.5 Å². The predicted molar refractivity (Wildman–Crippen MR) is 128 cm³/mol. The summed E-state index contributed by atoms with van der Waals surface area (Å²) in [5, 5.41) is 2.70. The summed E-state index contributed by atoms with van der Waals surface area (Å²) >= 11 is 0. The van der Waals surface area contributed by atoms with Crippen molar-refractivity contribution in [1.29, 1.82) is 0 Å². The van der Waals surface area contributed by atoms with E-state index in [4.69, 9.17) is 0 Å². The lowest BCUT2D eigenvalue weighted by molar-refractivity contribution is 0.0946. The smallest absolute Gasteiger partial charge is 0.254 e. The van der Waals surface area contributed by atoms with Gasteiger partial charge in [-0.25, -0.2) is 12.8 Å². The van der Waals surface area contributed by atoms with Crippen LogP contribution >= 0.6 is 0 Å². The van der Waals surface area contributed by atoms with Crippen LogP contribution in [0.2, 0.25) is 0 Å². The number of hydrogen-bond acceptors (Lipinski definition) is 4. The van der Waals surface area contributed by atoms with Crippen LogP contribution in [0.15, 0.2) is 47.4 Å². The Morgan fingerprint density at radius 3 is 2.18 bits per heavy atom. The van der Waals surface area contributed by atoms with Crippen LogP contribution in [0.1, 0.15) is 61.0 Å². The summed E-state index contributed by atoms with van der Waals surface area (Å²) in [6.45, 7) is 7.48. The number of rotatable bonds is 9. The average molecular weight is 476 g/mol. The van der Waals surface area contributed by atoms with Crippen molar-refractivity contribution in [2.24, 2.45) is 0 Å². The zero-order chi connectivity index (χ0) is 23.8. The van der Waals surface area contributed by atoms with Crippen molar-refractivity contribution < 1.29 is 17.6 Å². The van der Waals surface area contributed by atoms with E-state index in [2.05, 4.69) is 22.3 Å². The molecule has 1 amide bonds. The molecule has 6 nitrogen and oxygen atoms in total. The van der Waals surface area contributed by atoms with Gasteiger partial charge in [0.2, 0.25) is 10.0 Å². The van der Waals surface area contributed by atoms with E-state index in [9.17, 15) is 17.6 Å². The third-order valence-corrected chi connectivity index (χ3v) is 8.15. The first-order chi connectivity index (χ1) is 15.8. The number of nitrogens with one attached hydrogen (secondary N) is 1. The zero-order valence-electron chi connectivity index (χ0n) is 19.5. The molecule has 0 unspecified atom stereocenters. The van der Waals surface area contributed by atoms with Gasteiger partial charge in [0.05, 0.1) is 10.5 Å². The highest BCUT2D eigenvalue weighted by Crippen LogP contribution is 2.20. The average Bonchev–Trinajstić information content (AvgIpc) is 3.08. The van der Waals surface area contributed by atoms with Crippen LogP contribution < -0.4 is 5.32 Å². The normalized spacial score (nSPS) is 15.4. The molecule has 0 aliphatic carbocycles. The van der Waals surface area contributed by atoms with Gasteiger partial charge >= 0.3 is 0 Å². The molecule has 8 heteroatoms. The van der Waals surface area contributed by atoms with Gasteiger partial charge in [-0.3, -0.25) is 9.69 Å². The maximum Gasteiger partial charge on any atom is 0.254 e. The summed E-state index contributed by atoms with van der Waals surface area (Å²) in [5.41, 5.74) is 1.85. The Morgan fingerprint density at radius 2 is 1.58 bits per heavy atom. The van der Waals surface area contributed by atoms with Crippen LogP contribution in [-0.4, -0.2) is 49.7 Å². The van der Waals surface area contributed by atoms with Gasteiger partial charge < -0.3 is 5.32 Å². The Labute approximate surface area is 196 Å². The van der Waals surface area contributed by atoms with Crippen molar-refractivity contribution in [3.8, 4) is 0 Å². The molecule has 0 radical (unpaired) electrons. The van der Waals surface area contributed by atoms with Gasteiger partial charge in [-0.15, -0.1) is 0 Å². The molecule has 1 saturated heterocycles. The molecule has 0 bridgehead atoms. The second-order valence-electron chi connectivity index (χ2n) is 8.42. The van der Waals surface area contributed by atoms with Gasteiger partial charge in [0.15, 0.2) is 0 Å². The first-order valence-corrected chi connectivity index (χ1v) is 13.2. The van der Waals surface area contributed by atoms with Crippen LogP contribution in [0.25, 0.3) is 0 Å². The number of benzene rings is 2. The quantitative estimate of drug-likeness (QED) is 0.591. The monoisotopic (exact) mass is 475 g/mol. The Morgan fingerprint density at radius 1 is 0.970 bits per heavy atom. The highest BCUT2D eigenvalue weighted by Gasteiger charge is 2.24. The Bertz CT molecular complexity index is 1030. The van der Waals surface area contributed by atoms with E-state index in [1.807, 2.05) is 12.1 Å². The van der Waals surface area contributed by atoms with Crippen molar-refractivity contribution >= 4 is 15.9 Å². The minimum atomic E-state index is -3.78. The Balaban J connectivity index is 1.63. The third kappa shape index (κ3) is 6.62. The molecular weight excluding hydrogens is 441 g/mol. The topological polar surface area (TPSA) is 69.7 Å². The molecule has 1 fully saturated rings. The highest BCUT2D eigenvalue weighted by atomic mass is 32.2. The largest absolute Gasteiger partial charge is 0.348 e. The van der Waals surface area contributed by atoms with E-state index in [1.54, 1.807) is 13.8 Å². The van der Waals surface area contributed by atoms with Crippen molar-refractivity contribution in [3.05, 3.63) is 65.0 Å². The zero-order valence-corrected chi connectivity index (χ0v) is 20.3. The van der Waals surface area contributed by atoms with Gasteiger partial charge in [-0.1, -0.05) is 51.0 Å². The molecule has 180 valence electrons. The molecule has 3 rings (SSSR count). The van der Waals surface area contributed by atoms with E-state index >= 15 is 0 Å². The molecule has 0 aromatic heterocycles. The highest BCUT2D eigenvalue weighted by molar-refractivity contribution is 7.89. The van der Waals surface area contributed by atoms with Crippen molar-refractivity contribution in [3.63, 3.8) is 0 Å². The maximum absolute atomic E-state index is 14.3. The van der Waals surface area contributed by atoms with Crippen molar-refractivity contribution in [2.75, 3.05) is 26.2 Å². The number of halogens is 1. The SMILES string of the molecule is CCN(CC)S(=O)(=O)c1ccc(F)c(C(=O)NCc2ccc(CN3CCCCCC3)cc2)c1. The second kappa shape index (κ2) is 11.7. The number of sulfonamides is 1. The van der Waals surface area contributed by atoms with Gasteiger partial charge in [0.25, 0.3) is 5.91 Å². The summed E-state index contributed by atoms with van der Waals surface area (Å²) in [4.78, 5) is 15.0. The molecule has 0 saturated carbocycles. The van der Waals surface area contributed by atoms with Gasteiger partial charge in [-0.05, 0) is 55.3 Å². The molecule has 0 atom stereocenters. The number of carbonyl (C=O) groups excluding carboxylic acids is 1. The van der Waals surface area contributed by atoms with Crippen LogP contribution in [-0.2, 0) is 23.1 Å². The summed E-state index contributed by atoms with van der Waals surface area (Å²) in [7, 11) is -3.78. The molecular formula is C25H34FN3O3S. The van der Waals surface area contributed by atoms with E-state index in [0.29, 0.717) is 13.1 Å². The molecule has 1 aliphatic rings. The van der Waals surface area contributed by atoms with Crippen LogP contribution in [0.4, 0.5) is 4.39 Å². The first-order valence-electron chi connectivity index (χ1n) is 11.7. The fourth-order valence-corrected chi connectivity index (χ4v) is 5.63. The molecule has 2 aromatic carbocycles. The number of likely N-dealkylation sites (tertiary alicyclic amines) is 1. The lowest BCUT2D eigenvalue weighted by Gasteiger charge is -2.20. The number of carbonyl (C=O) groups is 1. The molecule has 33 heavy (non-hydrogen) atoms. The van der Waals surface area contributed by atoms with E-state index < -0.39 is 21.7 Å². The fraction of sp³-hybridized carbons (Fsp3) is 0.480. The molecule has 2 aromatic rings. The number of amides is 1. The van der Waals surface area contributed by atoms with Crippen LogP contribution in [0, 0.1) is 5.82 Å². The third-order valence-electron chi connectivity index (χ3n) is 6.11. The Hall–Kier alpha value is -2.29. The van der Waals surface area contributed by atoms with Gasteiger partial charge in [-0.2, -0.15) is 4.31 Å². The number of hydrogen-bond donors (Lipinski definition) is 1. The molecule has 1 heterocycles. The first kappa shape index (κ1) is 25.3. The summed E-state index contributed by atoms with van der Waals surface area (Å²) < 4.78 is 41.0. The summed E-state index contributed by atoms with van der Waals surface area (Å²) in [6.07, 6.45) is 5.11. The van der Waals surface area contributed by atoms with Gasteiger partial charge in [0.1, 0.15) is 5.82 Å². The van der Waals surface area contributed by atoms with E-state index in [-0.39, 0.29) is 17.0 Å². The fourth-order valence-electron chi connectivity index (χ4n) is 4.14. The van der Waals surface area contributed by atoms with Crippen molar-refractivity contribution in [1.82, 2.24) is 14.5 Å². The standard InChI is InChI=1S/C25H34FN3O3S/c1-3-29(4-2)33(31,32)22-13-14-24(26)23(17-22)25(30)27-18-20-9-11-21(12-10-20)19-28-15-7-5-6-8-16-28/h9-14,17H,3-8,15-16,18-19H2,1-2H3,(H,27,30). The van der Waals surface area contributed by atoms with Gasteiger partial charge in [0, 0.05) is 26.2 Å². The second-order valence-corrected chi connectivity index (χ2v) is 10.4. The lowest BCUT2D eigenvalue weighted by Crippen LogP contribution is -2.31. The maximum atomic E-state index is 14.3. The van der Waals surface area contributed by atoms with Crippen LogP contribution in [0.3, 0.4) is 0 Å². The predicted octanol–water partition coefficient (Wildman–Crippen LogP) is 4.16. The van der Waals surface area contributed by atoms with E-state index in [1.165, 1.54) is 41.6 Å². The van der Waals surface area contributed by atoms with Crippen LogP contribution in [0.5, 0.6) is 0 Å².